The van der Waals surface area contributed by atoms with Crippen LogP contribution in [-0.2, 0) is 9.53 Å². The molecule has 0 aliphatic carbocycles. The van der Waals surface area contributed by atoms with E-state index >= 15 is 0 Å². The zero-order chi connectivity index (χ0) is 19.9. The Balaban J connectivity index is 1.49. The maximum Gasteiger partial charge on any atom is 0.253 e. The normalized spacial score (nSPS) is 21.5. The number of methoxy groups -OCH3 is 1. The summed E-state index contributed by atoms with van der Waals surface area (Å²) in [6, 6.07) is 6.27. The van der Waals surface area contributed by atoms with Gasteiger partial charge in [0.25, 0.3) is 5.91 Å². The van der Waals surface area contributed by atoms with E-state index in [0.717, 1.165) is 38.8 Å². The third-order valence-corrected chi connectivity index (χ3v) is 5.77. The van der Waals surface area contributed by atoms with Gasteiger partial charge in [-0.25, -0.2) is 4.39 Å². The first kappa shape index (κ1) is 20.7. The van der Waals surface area contributed by atoms with Crippen LogP contribution in [0.15, 0.2) is 24.3 Å². The van der Waals surface area contributed by atoms with Gasteiger partial charge in [0.2, 0.25) is 5.91 Å². The Kier molecular flexibility index (Phi) is 7.39. The SMILES string of the molecule is COCCNC(=O)[C@H]1CCCN(C2CCN(C(=O)c3cccc(F)c3)CC2)C1. The summed E-state index contributed by atoms with van der Waals surface area (Å²) < 4.78 is 18.4. The van der Waals surface area contributed by atoms with Crippen molar-refractivity contribution in [1.82, 2.24) is 15.1 Å². The maximum absolute atomic E-state index is 13.4. The van der Waals surface area contributed by atoms with Crippen molar-refractivity contribution in [2.75, 3.05) is 46.4 Å². The third-order valence-electron chi connectivity index (χ3n) is 5.77. The van der Waals surface area contributed by atoms with Gasteiger partial charge in [-0.05, 0) is 50.4 Å². The Labute approximate surface area is 166 Å². The monoisotopic (exact) mass is 391 g/mol. The zero-order valence-electron chi connectivity index (χ0n) is 16.5. The second-order valence-corrected chi connectivity index (χ2v) is 7.65. The van der Waals surface area contributed by atoms with Crippen LogP contribution in [0.3, 0.4) is 0 Å². The van der Waals surface area contributed by atoms with Crippen molar-refractivity contribution in [3.05, 3.63) is 35.6 Å². The first-order chi connectivity index (χ1) is 13.6. The number of benzene rings is 1. The van der Waals surface area contributed by atoms with Crippen molar-refractivity contribution >= 4 is 11.8 Å². The zero-order valence-corrected chi connectivity index (χ0v) is 16.5. The second kappa shape index (κ2) is 9.98. The first-order valence-electron chi connectivity index (χ1n) is 10.1. The molecule has 0 aromatic heterocycles. The molecule has 7 heteroatoms. The number of amides is 2. The van der Waals surface area contributed by atoms with E-state index in [-0.39, 0.29) is 23.5 Å². The van der Waals surface area contributed by atoms with E-state index in [4.69, 9.17) is 4.74 Å². The molecule has 154 valence electrons. The van der Waals surface area contributed by atoms with Gasteiger partial charge in [-0.1, -0.05) is 6.07 Å². The summed E-state index contributed by atoms with van der Waals surface area (Å²) in [5.41, 5.74) is 0.407. The van der Waals surface area contributed by atoms with Crippen LogP contribution in [0.2, 0.25) is 0 Å². The van der Waals surface area contributed by atoms with Crippen molar-refractivity contribution < 1.29 is 18.7 Å². The van der Waals surface area contributed by atoms with Crippen LogP contribution in [0.1, 0.15) is 36.0 Å². The highest BCUT2D eigenvalue weighted by atomic mass is 19.1. The molecule has 3 rings (SSSR count). The van der Waals surface area contributed by atoms with E-state index in [1.54, 1.807) is 19.2 Å². The highest BCUT2D eigenvalue weighted by Crippen LogP contribution is 2.24. The molecule has 2 aliphatic heterocycles. The molecule has 6 nitrogen and oxygen atoms in total. The number of nitrogens with zero attached hydrogens (tertiary/aromatic N) is 2. The van der Waals surface area contributed by atoms with E-state index in [1.807, 2.05) is 4.90 Å². The highest BCUT2D eigenvalue weighted by molar-refractivity contribution is 5.94. The lowest BCUT2D eigenvalue weighted by Gasteiger charge is -2.42. The number of hydrogen-bond acceptors (Lipinski definition) is 4. The number of nitrogens with one attached hydrogen (secondary N) is 1. The molecule has 1 aromatic carbocycles. The summed E-state index contributed by atoms with van der Waals surface area (Å²) in [6.07, 6.45) is 3.72. The summed E-state index contributed by atoms with van der Waals surface area (Å²) in [5, 5.41) is 2.95. The minimum atomic E-state index is -0.385. The lowest BCUT2D eigenvalue weighted by Crippen LogP contribution is -2.51. The van der Waals surface area contributed by atoms with Gasteiger partial charge in [0.05, 0.1) is 12.5 Å². The molecule has 0 radical (unpaired) electrons. The molecule has 0 unspecified atom stereocenters. The topological polar surface area (TPSA) is 61.9 Å². The van der Waals surface area contributed by atoms with Crippen LogP contribution >= 0.6 is 0 Å². The average molecular weight is 391 g/mol. The lowest BCUT2D eigenvalue weighted by molar-refractivity contribution is -0.127. The van der Waals surface area contributed by atoms with Gasteiger partial charge < -0.3 is 15.0 Å². The molecule has 2 aliphatic rings. The lowest BCUT2D eigenvalue weighted by atomic mass is 9.93. The second-order valence-electron chi connectivity index (χ2n) is 7.65. The van der Waals surface area contributed by atoms with Crippen LogP contribution in [0, 0.1) is 11.7 Å². The molecule has 1 atom stereocenters. The van der Waals surface area contributed by atoms with Crippen molar-refractivity contribution in [1.29, 1.82) is 0 Å². The van der Waals surface area contributed by atoms with Crippen LogP contribution in [-0.4, -0.2) is 74.1 Å². The third kappa shape index (κ3) is 5.29. The minimum Gasteiger partial charge on any atom is -0.383 e. The van der Waals surface area contributed by atoms with E-state index in [1.165, 1.54) is 12.1 Å². The number of rotatable bonds is 6. The van der Waals surface area contributed by atoms with Crippen LogP contribution < -0.4 is 5.32 Å². The van der Waals surface area contributed by atoms with E-state index in [0.29, 0.717) is 37.8 Å². The predicted molar refractivity (Wildman–Crippen MR) is 105 cm³/mol. The number of ether oxygens (including phenoxy) is 1. The minimum absolute atomic E-state index is 0.0255. The Morgan fingerprint density at radius 1 is 1.21 bits per heavy atom. The molecule has 2 saturated heterocycles. The molecular formula is C21H30FN3O3. The van der Waals surface area contributed by atoms with Crippen molar-refractivity contribution in [2.24, 2.45) is 5.92 Å². The number of likely N-dealkylation sites (tertiary alicyclic amines) is 2. The summed E-state index contributed by atoms with van der Waals surface area (Å²) in [7, 11) is 1.62. The molecule has 1 N–H and O–H groups in total. The van der Waals surface area contributed by atoms with Gasteiger partial charge >= 0.3 is 0 Å². The average Bonchev–Trinajstić information content (AvgIpc) is 2.73. The molecule has 1 aromatic rings. The number of halogens is 1. The number of carbonyl (C=O) groups is 2. The van der Waals surface area contributed by atoms with Crippen LogP contribution in [0.4, 0.5) is 4.39 Å². The first-order valence-corrected chi connectivity index (χ1v) is 10.1. The molecule has 2 amide bonds. The largest absolute Gasteiger partial charge is 0.383 e. The maximum atomic E-state index is 13.4. The van der Waals surface area contributed by atoms with E-state index in [9.17, 15) is 14.0 Å². The number of carbonyl (C=O) groups excluding carboxylic acids is 2. The molecule has 2 heterocycles. The smallest absolute Gasteiger partial charge is 0.253 e. The van der Waals surface area contributed by atoms with Gasteiger partial charge in [-0.2, -0.15) is 0 Å². The summed E-state index contributed by atoms with van der Waals surface area (Å²) in [4.78, 5) is 29.2. The molecule has 0 saturated carbocycles. The van der Waals surface area contributed by atoms with E-state index < -0.39 is 0 Å². The standard InChI is InChI=1S/C21H30FN3O3/c1-28-13-9-23-20(26)17-5-3-10-25(15-17)19-7-11-24(12-8-19)21(27)16-4-2-6-18(22)14-16/h2,4,6,14,17,19H,3,5,7-13,15H2,1H3,(H,23,26)/t17-/m0/s1. The molecule has 28 heavy (non-hydrogen) atoms. The van der Waals surface area contributed by atoms with Gasteiger partial charge in [0, 0.05) is 44.9 Å². The number of piperidine rings is 2. The van der Waals surface area contributed by atoms with Crippen molar-refractivity contribution in [2.45, 2.75) is 31.7 Å². The van der Waals surface area contributed by atoms with Gasteiger partial charge in [0.15, 0.2) is 0 Å². The Hall–Kier alpha value is -1.99. The molecule has 0 spiro atoms. The van der Waals surface area contributed by atoms with Crippen molar-refractivity contribution in [3.63, 3.8) is 0 Å². The van der Waals surface area contributed by atoms with Crippen LogP contribution in [0.25, 0.3) is 0 Å². The van der Waals surface area contributed by atoms with Crippen LogP contribution in [0.5, 0.6) is 0 Å². The van der Waals surface area contributed by atoms with E-state index in [2.05, 4.69) is 10.2 Å². The Bertz CT molecular complexity index is 677. The predicted octanol–water partition coefficient (Wildman–Crippen LogP) is 1.90. The quantitative estimate of drug-likeness (QED) is 0.753. The Morgan fingerprint density at radius 2 is 2.00 bits per heavy atom. The Morgan fingerprint density at radius 3 is 2.71 bits per heavy atom. The number of hydrogen-bond donors (Lipinski definition) is 1. The summed E-state index contributed by atoms with van der Waals surface area (Å²) in [5.74, 6) is -0.353. The fraction of sp³-hybridized carbons (Fsp3) is 0.619. The molecule has 0 bridgehead atoms. The molecular weight excluding hydrogens is 361 g/mol. The fourth-order valence-corrected chi connectivity index (χ4v) is 4.21. The fourth-order valence-electron chi connectivity index (χ4n) is 4.21. The summed E-state index contributed by atoms with van der Waals surface area (Å²) in [6.45, 7) is 4.19. The van der Waals surface area contributed by atoms with Gasteiger partial charge in [0.1, 0.15) is 5.82 Å². The van der Waals surface area contributed by atoms with Crippen molar-refractivity contribution in [3.8, 4) is 0 Å². The molecule has 2 fully saturated rings. The summed E-state index contributed by atoms with van der Waals surface area (Å²) >= 11 is 0. The van der Waals surface area contributed by atoms with Gasteiger partial charge in [-0.15, -0.1) is 0 Å². The van der Waals surface area contributed by atoms with Gasteiger partial charge in [-0.3, -0.25) is 14.5 Å². The highest BCUT2D eigenvalue weighted by Gasteiger charge is 2.32.